The average Bonchev–Trinajstić information content (AvgIpc) is 2.89. The van der Waals surface area contributed by atoms with E-state index in [2.05, 4.69) is 30.9 Å². The Morgan fingerprint density at radius 2 is 1.30 bits per heavy atom. The van der Waals surface area contributed by atoms with E-state index >= 15 is 0 Å². The number of pyridine rings is 1. The van der Waals surface area contributed by atoms with E-state index in [0.717, 1.165) is 42.9 Å². The Labute approximate surface area is 227 Å². The van der Waals surface area contributed by atoms with Gasteiger partial charge in [0.2, 0.25) is 5.96 Å². The Bertz CT molecular complexity index is 1410. The topological polar surface area (TPSA) is 73.7 Å². The molecule has 2 heterocycles. The maximum absolute atomic E-state index is 13.3. The van der Waals surface area contributed by atoms with Crippen molar-refractivity contribution in [2.24, 2.45) is 9.98 Å². The molecule has 1 unspecified atom stereocenters. The molecule has 0 saturated heterocycles. The highest BCUT2D eigenvalue weighted by molar-refractivity contribution is 6.09. The largest absolute Gasteiger partial charge is 0.433 e. The molecule has 1 aromatic heterocycles. The first-order valence-electron chi connectivity index (χ1n) is 13.2. The lowest BCUT2D eigenvalue weighted by Gasteiger charge is -2.39. The Balaban J connectivity index is 1.15. The predicted octanol–water partition coefficient (Wildman–Crippen LogP) is 5.44. The highest BCUT2D eigenvalue weighted by Crippen LogP contribution is 2.38. The molecule has 0 spiro atoms. The van der Waals surface area contributed by atoms with Gasteiger partial charge >= 0.3 is 6.18 Å². The number of guanidine groups is 1. The van der Waals surface area contributed by atoms with Crippen LogP contribution in [-0.2, 0) is 6.18 Å². The molecular weight excluding hydrogens is 527 g/mol. The first-order chi connectivity index (χ1) is 19.2. The van der Waals surface area contributed by atoms with Crippen LogP contribution in [0.3, 0.4) is 0 Å². The van der Waals surface area contributed by atoms with Gasteiger partial charge in [-0.05, 0) is 85.0 Å². The average molecular weight is 555 g/mol. The molecule has 2 aromatic carbocycles. The van der Waals surface area contributed by atoms with E-state index in [1.165, 1.54) is 36.4 Å². The van der Waals surface area contributed by atoms with Crippen molar-refractivity contribution in [2.45, 2.75) is 62.1 Å². The van der Waals surface area contributed by atoms with E-state index in [-0.39, 0.29) is 47.1 Å². The summed E-state index contributed by atoms with van der Waals surface area (Å²) in [5.41, 5.74) is 1.19. The summed E-state index contributed by atoms with van der Waals surface area (Å²) in [5, 5.41) is 9.75. The number of aliphatic imine (C=N–C) groups is 2. The maximum atomic E-state index is 13.3. The van der Waals surface area contributed by atoms with E-state index in [9.17, 15) is 22.0 Å². The molecule has 208 valence electrons. The first-order valence-corrected chi connectivity index (χ1v) is 13.2. The number of halogens is 5. The van der Waals surface area contributed by atoms with Gasteiger partial charge in [0.1, 0.15) is 23.0 Å². The molecule has 0 radical (unpaired) electrons. The minimum atomic E-state index is -4.58. The number of hydrogen-bond donors (Lipinski definition) is 3. The number of amidine groups is 1. The zero-order valence-electron chi connectivity index (χ0n) is 21.3. The third-order valence-corrected chi connectivity index (χ3v) is 7.71. The number of hydrogen-bond acceptors (Lipinski definition) is 6. The highest BCUT2D eigenvalue weighted by Gasteiger charge is 2.36. The SMILES string of the molecule is Fc1ccc(C2CC(NC3=NC(NC4CC(c5ccc(F)cc5)C4)N=C(c4cccc(C(F)(F)F)n4)N3)C2)cc1. The quantitative estimate of drug-likeness (QED) is 0.355. The zero-order valence-corrected chi connectivity index (χ0v) is 21.3. The Morgan fingerprint density at radius 3 is 1.88 bits per heavy atom. The standard InChI is InChI=1S/C29H27F5N6/c30-20-8-4-16(5-9-20)18-12-22(13-18)35-27-38-26(24-2-1-3-25(37-24)29(32,33)34)39-28(40-27)36-23-14-19(15-23)17-6-10-21(31)11-7-17/h1-11,18-19,22-23,27,35H,12-15H2,(H2,36,38,39,40). The van der Waals surface area contributed by atoms with Gasteiger partial charge in [0, 0.05) is 12.1 Å². The third kappa shape index (κ3) is 5.84. The summed E-state index contributed by atoms with van der Waals surface area (Å²) in [5.74, 6) is 0.606. The van der Waals surface area contributed by atoms with Crippen LogP contribution in [-0.4, -0.2) is 35.2 Å². The van der Waals surface area contributed by atoms with E-state index in [1.807, 2.05) is 0 Å². The van der Waals surface area contributed by atoms with Crippen molar-refractivity contribution >= 4 is 11.8 Å². The van der Waals surface area contributed by atoms with Crippen molar-refractivity contribution < 1.29 is 22.0 Å². The second kappa shape index (κ2) is 10.6. The van der Waals surface area contributed by atoms with Gasteiger partial charge in [-0.1, -0.05) is 30.3 Å². The smallest absolute Gasteiger partial charge is 0.353 e. The number of nitrogens with zero attached hydrogens (tertiary/aromatic N) is 3. The Morgan fingerprint density at radius 1 is 0.725 bits per heavy atom. The van der Waals surface area contributed by atoms with Crippen LogP contribution in [0.5, 0.6) is 0 Å². The lowest BCUT2D eigenvalue weighted by Crippen LogP contribution is -2.55. The first kappa shape index (κ1) is 26.4. The summed E-state index contributed by atoms with van der Waals surface area (Å²) in [6.45, 7) is 0. The lowest BCUT2D eigenvalue weighted by molar-refractivity contribution is -0.141. The lowest BCUT2D eigenvalue weighted by atomic mass is 9.76. The monoisotopic (exact) mass is 554 g/mol. The van der Waals surface area contributed by atoms with Crippen molar-refractivity contribution in [3.63, 3.8) is 0 Å². The van der Waals surface area contributed by atoms with E-state index < -0.39 is 18.2 Å². The van der Waals surface area contributed by atoms with Crippen LogP contribution in [0.25, 0.3) is 0 Å². The molecule has 3 aliphatic rings. The number of aromatic nitrogens is 1. The molecule has 6 nitrogen and oxygen atoms in total. The van der Waals surface area contributed by atoms with Gasteiger partial charge in [-0.3, -0.25) is 5.32 Å². The summed E-state index contributed by atoms with van der Waals surface area (Å²) in [6.07, 6.45) is -2.07. The fourth-order valence-electron chi connectivity index (χ4n) is 5.36. The van der Waals surface area contributed by atoms with Crippen LogP contribution in [0.4, 0.5) is 22.0 Å². The molecule has 2 fully saturated rings. The summed E-state index contributed by atoms with van der Waals surface area (Å²) in [7, 11) is 0. The highest BCUT2D eigenvalue weighted by atomic mass is 19.4. The zero-order chi connectivity index (χ0) is 27.9. The molecule has 3 aromatic rings. The van der Waals surface area contributed by atoms with Gasteiger partial charge in [-0.25, -0.2) is 23.7 Å². The number of benzene rings is 2. The number of nitrogens with one attached hydrogen (secondary N) is 3. The summed E-state index contributed by atoms with van der Waals surface area (Å²) >= 11 is 0. The summed E-state index contributed by atoms with van der Waals surface area (Å²) in [4.78, 5) is 13.0. The van der Waals surface area contributed by atoms with Gasteiger partial charge in [0.15, 0.2) is 12.1 Å². The van der Waals surface area contributed by atoms with Crippen molar-refractivity contribution in [1.82, 2.24) is 20.9 Å². The van der Waals surface area contributed by atoms with Crippen molar-refractivity contribution in [3.8, 4) is 0 Å². The van der Waals surface area contributed by atoms with Gasteiger partial charge in [-0.2, -0.15) is 13.2 Å². The van der Waals surface area contributed by atoms with E-state index in [1.54, 1.807) is 24.3 Å². The molecule has 1 aliphatic heterocycles. The van der Waals surface area contributed by atoms with E-state index in [4.69, 9.17) is 0 Å². The van der Waals surface area contributed by atoms with Crippen LogP contribution in [0.2, 0.25) is 0 Å². The van der Waals surface area contributed by atoms with Crippen LogP contribution in [0.1, 0.15) is 60.0 Å². The fraction of sp³-hybridized carbons (Fsp3) is 0.345. The Kier molecular flexibility index (Phi) is 6.99. The van der Waals surface area contributed by atoms with Crippen LogP contribution in [0, 0.1) is 11.6 Å². The number of alkyl halides is 3. The van der Waals surface area contributed by atoms with Crippen LogP contribution < -0.4 is 16.0 Å². The molecule has 11 heteroatoms. The number of rotatable bonds is 6. The van der Waals surface area contributed by atoms with Gasteiger partial charge in [-0.15, -0.1) is 0 Å². The molecule has 2 saturated carbocycles. The minimum absolute atomic E-state index is 0.0615. The molecule has 2 aliphatic carbocycles. The molecule has 3 N–H and O–H groups in total. The molecular formula is C29H27F5N6. The van der Waals surface area contributed by atoms with Gasteiger partial charge in [0.05, 0.1) is 0 Å². The minimum Gasteiger partial charge on any atom is -0.353 e. The van der Waals surface area contributed by atoms with Crippen LogP contribution >= 0.6 is 0 Å². The molecule has 0 bridgehead atoms. The predicted molar refractivity (Wildman–Crippen MR) is 141 cm³/mol. The molecule has 6 rings (SSSR count). The summed E-state index contributed by atoms with van der Waals surface area (Å²) < 4.78 is 66.5. The van der Waals surface area contributed by atoms with Gasteiger partial charge in [0.25, 0.3) is 0 Å². The second-order valence-corrected chi connectivity index (χ2v) is 10.5. The molecule has 40 heavy (non-hydrogen) atoms. The second-order valence-electron chi connectivity index (χ2n) is 10.5. The van der Waals surface area contributed by atoms with E-state index in [0.29, 0.717) is 5.96 Å². The van der Waals surface area contributed by atoms with Crippen LogP contribution in [0.15, 0.2) is 76.7 Å². The maximum Gasteiger partial charge on any atom is 0.433 e. The van der Waals surface area contributed by atoms with Crippen molar-refractivity contribution in [2.75, 3.05) is 0 Å². The molecule has 1 atom stereocenters. The van der Waals surface area contributed by atoms with Gasteiger partial charge < -0.3 is 10.6 Å². The molecule has 0 amide bonds. The Hall–Kier alpha value is -3.86. The fourth-order valence-corrected chi connectivity index (χ4v) is 5.36. The summed E-state index contributed by atoms with van der Waals surface area (Å²) in [6, 6.07) is 16.8. The van der Waals surface area contributed by atoms with Crippen molar-refractivity contribution in [1.29, 1.82) is 0 Å². The normalized spacial score (nSPS) is 26.1. The van der Waals surface area contributed by atoms with Crippen molar-refractivity contribution in [3.05, 3.63) is 101 Å². The third-order valence-electron chi connectivity index (χ3n) is 7.71.